The molecule has 0 N–H and O–H groups in total. The Labute approximate surface area is 80.9 Å². The normalized spacial score (nSPS) is 49.3. The maximum Gasteiger partial charge on any atom is 0.323 e. The van der Waals surface area contributed by atoms with Crippen molar-refractivity contribution in [2.45, 2.75) is 26.1 Å². The van der Waals surface area contributed by atoms with Crippen LogP contribution in [0.3, 0.4) is 0 Å². The van der Waals surface area contributed by atoms with Crippen LogP contribution in [0, 0.1) is 11.3 Å². The van der Waals surface area contributed by atoms with E-state index in [4.69, 9.17) is 4.74 Å². The summed E-state index contributed by atoms with van der Waals surface area (Å²) in [5, 5.41) is 0. The number of carbonyl (C=O) groups is 2. The van der Waals surface area contributed by atoms with Crippen molar-refractivity contribution in [3.05, 3.63) is 11.6 Å². The van der Waals surface area contributed by atoms with Gasteiger partial charge in [0.1, 0.15) is 11.3 Å². The van der Waals surface area contributed by atoms with Gasteiger partial charge in [-0.3, -0.25) is 9.59 Å². The van der Waals surface area contributed by atoms with Gasteiger partial charge in [-0.05, 0) is 19.4 Å². The standard InChI is InChI=1S/C10H10O4/c1-4-3-5-6-8(11)14-9(12)10(6,2)7(4)13-5/h3,5-7H,1-2H3. The van der Waals surface area contributed by atoms with E-state index in [0.29, 0.717) is 0 Å². The molecule has 0 radical (unpaired) electrons. The van der Waals surface area contributed by atoms with Gasteiger partial charge < -0.3 is 9.47 Å². The average molecular weight is 194 g/mol. The van der Waals surface area contributed by atoms with Gasteiger partial charge in [-0.15, -0.1) is 0 Å². The van der Waals surface area contributed by atoms with Crippen molar-refractivity contribution < 1.29 is 19.1 Å². The van der Waals surface area contributed by atoms with E-state index in [9.17, 15) is 9.59 Å². The van der Waals surface area contributed by atoms with E-state index in [1.165, 1.54) is 0 Å². The van der Waals surface area contributed by atoms with Crippen molar-refractivity contribution in [2.75, 3.05) is 0 Å². The molecule has 2 saturated heterocycles. The lowest BCUT2D eigenvalue weighted by Crippen LogP contribution is -2.40. The maximum atomic E-state index is 11.6. The Hall–Kier alpha value is -1.16. The fourth-order valence-corrected chi connectivity index (χ4v) is 2.82. The molecule has 3 aliphatic rings. The largest absolute Gasteiger partial charge is 0.392 e. The molecule has 4 heteroatoms. The lowest BCUT2D eigenvalue weighted by molar-refractivity contribution is -0.158. The fraction of sp³-hybridized carbons (Fsp3) is 0.600. The molecular formula is C10H10O4. The van der Waals surface area contributed by atoms with E-state index < -0.39 is 23.3 Å². The van der Waals surface area contributed by atoms with Crippen molar-refractivity contribution in [3.8, 4) is 0 Å². The minimum Gasteiger partial charge on any atom is -0.392 e. The Kier molecular flexibility index (Phi) is 1.22. The van der Waals surface area contributed by atoms with Crippen LogP contribution < -0.4 is 0 Å². The Balaban J connectivity index is 2.17. The first-order valence-electron chi connectivity index (χ1n) is 4.65. The zero-order chi connectivity index (χ0) is 10.1. The number of hydrogen-bond donors (Lipinski definition) is 0. The quantitative estimate of drug-likeness (QED) is 0.318. The fourth-order valence-electron chi connectivity index (χ4n) is 2.82. The number of esters is 2. The third-order valence-corrected chi connectivity index (χ3v) is 3.54. The van der Waals surface area contributed by atoms with Gasteiger partial charge in [-0.25, -0.2) is 0 Å². The lowest BCUT2D eigenvalue weighted by atomic mass is 9.69. The van der Waals surface area contributed by atoms with E-state index in [-0.39, 0.29) is 12.2 Å². The first-order chi connectivity index (χ1) is 6.55. The number of fused-ring (bicyclic) bond motifs is 5. The van der Waals surface area contributed by atoms with Gasteiger partial charge in [0, 0.05) is 0 Å². The SMILES string of the molecule is CC1=CC2OC1C1(C)C(=O)OC(=O)C21. The van der Waals surface area contributed by atoms with Gasteiger partial charge in [-0.2, -0.15) is 0 Å². The Bertz CT molecular complexity index is 384. The predicted octanol–water partition coefficient (Wildman–Crippen LogP) is 0.420. The molecule has 3 heterocycles. The minimum absolute atomic E-state index is 0.260. The predicted molar refractivity (Wildman–Crippen MR) is 45.1 cm³/mol. The lowest BCUT2D eigenvalue weighted by Gasteiger charge is -2.25. The third kappa shape index (κ3) is 0.629. The van der Waals surface area contributed by atoms with Crippen LogP contribution in [0.1, 0.15) is 13.8 Å². The Morgan fingerprint density at radius 3 is 2.86 bits per heavy atom. The molecule has 0 aliphatic carbocycles. The topological polar surface area (TPSA) is 52.6 Å². The highest BCUT2D eigenvalue weighted by molar-refractivity contribution is 6.01. The molecule has 0 saturated carbocycles. The zero-order valence-electron chi connectivity index (χ0n) is 7.94. The first kappa shape index (κ1) is 8.17. The van der Waals surface area contributed by atoms with Crippen molar-refractivity contribution in [1.82, 2.24) is 0 Å². The highest BCUT2D eigenvalue weighted by Crippen LogP contribution is 2.55. The van der Waals surface area contributed by atoms with Gasteiger partial charge >= 0.3 is 11.9 Å². The van der Waals surface area contributed by atoms with E-state index in [1.54, 1.807) is 6.92 Å². The molecule has 4 unspecified atom stereocenters. The summed E-state index contributed by atoms with van der Waals surface area (Å²) in [6.07, 6.45) is 1.39. The van der Waals surface area contributed by atoms with Crippen LogP contribution in [-0.2, 0) is 19.1 Å². The average Bonchev–Trinajstić information content (AvgIpc) is 2.64. The smallest absolute Gasteiger partial charge is 0.323 e. The van der Waals surface area contributed by atoms with Crippen molar-refractivity contribution in [3.63, 3.8) is 0 Å². The van der Waals surface area contributed by atoms with Gasteiger partial charge in [0.2, 0.25) is 0 Å². The second kappa shape index (κ2) is 2.08. The summed E-state index contributed by atoms with van der Waals surface area (Å²) in [6, 6.07) is 0. The van der Waals surface area contributed by atoms with Gasteiger partial charge in [0.05, 0.1) is 12.2 Å². The molecule has 3 aliphatic heterocycles. The summed E-state index contributed by atoms with van der Waals surface area (Å²) in [5.74, 6) is -1.30. The molecule has 0 aromatic heterocycles. The van der Waals surface area contributed by atoms with Crippen LogP contribution in [-0.4, -0.2) is 24.1 Å². The van der Waals surface area contributed by atoms with E-state index >= 15 is 0 Å². The van der Waals surface area contributed by atoms with E-state index in [0.717, 1.165) is 5.57 Å². The summed E-state index contributed by atoms with van der Waals surface area (Å²) >= 11 is 0. The van der Waals surface area contributed by atoms with Crippen LogP contribution in [0.4, 0.5) is 0 Å². The Morgan fingerprint density at radius 2 is 2.14 bits per heavy atom. The molecule has 14 heavy (non-hydrogen) atoms. The molecule has 0 spiro atoms. The molecule has 74 valence electrons. The molecule has 3 rings (SSSR count). The van der Waals surface area contributed by atoms with E-state index in [2.05, 4.69) is 4.74 Å². The third-order valence-electron chi connectivity index (χ3n) is 3.54. The van der Waals surface area contributed by atoms with Gasteiger partial charge in [0.15, 0.2) is 0 Å². The molecular weight excluding hydrogens is 184 g/mol. The number of hydrogen-bond acceptors (Lipinski definition) is 4. The van der Waals surface area contributed by atoms with Gasteiger partial charge in [0.25, 0.3) is 0 Å². The summed E-state index contributed by atoms with van der Waals surface area (Å²) in [6.45, 7) is 3.67. The molecule has 0 amide bonds. The number of cyclic esters (lactones) is 2. The summed E-state index contributed by atoms with van der Waals surface area (Å²) in [5.41, 5.74) is 0.251. The van der Waals surface area contributed by atoms with Crippen LogP contribution in [0.15, 0.2) is 11.6 Å². The summed E-state index contributed by atoms with van der Waals surface area (Å²) < 4.78 is 10.3. The number of rotatable bonds is 0. The second-order valence-corrected chi connectivity index (χ2v) is 4.36. The van der Waals surface area contributed by atoms with Crippen LogP contribution in [0.2, 0.25) is 0 Å². The monoisotopic (exact) mass is 194 g/mol. The van der Waals surface area contributed by atoms with Crippen LogP contribution >= 0.6 is 0 Å². The highest BCUT2D eigenvalue weighted by atomic mass is 16.6. The van der Waals surface area contributed by atoms with Gasteiger partial charge in [-0.1, -0.05) is 6.08 Å². The van der Waals surface area contributed by atoms with Crippen molar-refractivity contribution >= 4 is 11.9 Å². The first-order valence-corrected chi connectivity index (χ1v) is 4.65. The molecule has 4 atom stereocenters. The maximum absolute atomic E-state index is 11.6. The molecule has 0 aromatic carbocycles. The van der Waals surface area contributed by atoms with Crippen molar-refractivity contribution in [1.29, 1.82) is 0 Å². The molecule has 0 aromatic rings. The zero-order valence-corrected chi connectivity index (χ0v) is 7.94. The van der Waals surface area contributed by atoms with Crippen LogP contribution in [0.25, 0.3) is 0 Å². The Morgan fingerprint density at radius 1 is 1.43 bits per heavy atom. The second-order valence-electron chi connectivity index (χ2n) is 4.36. The number of carbonyl (C=O) groups excluding carboxylic acids is 2. The number of ether oxygens (including phenoxy) is 2. The molecule has 4 nitrogen and oxygen atoms in total. The van der Waals surface area contributed by atoms with Crippen molar-refractivity contribution in [2.24, 2.45) is 11.3 Å². The minimum atomic E-state index is -0.777. The molecule has 2 bridgehead atoms. The van der Waals surface area contributed by atoms with E-state index in [1.807, 2.05) is 13.0 Å². The summed E-state index contributed by atoms with van der Waals surface area (Å²) in [4.78, 5) is 23.0. The summed E-state index contributed by atoms with van der Waals surface area (Å²) in [7, 11) is 0. The molecule has 2 fully saturated rings. The highest BCUT2D eigenvalue weighted by Gasteiger charge is 2.69. The van der Waals surface area contributed by atoms with Crippen LogP contribution in [0.5, 0.6) is 0 Å².